The fourth-order valence-electron chi connectivity index (χ4n) is 2.26. The van der Waals surface area contributed by atoms with Crippen LogP contribution in [-0.4, -0.2) is 35.1 Å². The largest absolute Gasteiger partial charge is 0.481 e. The second-order valence-corrected chi connectivity index (χ2v) is 5.10. The van der Waals surface area contributed by atoms with E-state index in [0.717, 1.165) is 38.2 Å². The first-order valence-electron chi connectivity index (χ1n) is 6.20. The van der Waals surface area contributed by atoms with Crippen LogP contribution in [0.2, 0.25) is 0 Å². The summed E-state index contributed by atoms with van der Waals surface area (Å²) in [5.41, 5.74) is 6.73. The first kappa shape index (κ1) is 13.2. The molecule has 1 fully saturated rings. The first-order chi connectivity index (χ1) is 8.69. The third kappa shape index (κ3) is 3.40. The van der Waals surface area contributed by atoms with Crippen LogP contribution in [0.1, 0.15) is 18.5 Å². The number of hydrogen-bond donors (Lipinski definition) is 1. The number of ether oxygens (including phenoxy) is 1. The Hall–Kier alpha value is -1.20. The molecule has 1 aliphatic rings. The lowest BCUT2D eigenvalue weighted by atomic mass is 9.97. The molecule has 5 heteroatoms. The van der Waals surface area contributed by atoms with E-state index in [4.69, 9.17) is 22.7 Å². The van der Waals surface area contributed by atoms with Crippen LogP contribution in [0.4, 0.5) is 0 Å². The first-order valence-corrected chi connectivity index (χ1v) is 6.61. The van der Waals surface area contributed by atoms with Crippen molar-refractivity contribution in [2.45, 2.75) is 19.4 Å². The number of pyridine rings is 1. The molecule has 1 aromatic rings. The molecule has 0 aliphatic carbocycles. The Bertz CT molecular complexity index is 416. The molecule has 4 nitrogen and oxygen atoms in total. The molecule has 2 N–H and O–H groups in total. The molecule has 0 bridgehead atoms. The maximum absolute atomic E-state index is 5.69. The topological polar surface area (TPSA) is 51.4 Å². The van der Waals surface area contributed by atoms with Gasteiger partial charge in [0.25, 0.3) is 0 Å². The fraction of sp³-hybridized carbons (Fsp3) is 0.538. The summed E-state index contributed by atoms with van der Waals surface area (Å²) in [6, 6.07) is 5.87. The normalized spacial score (nSPS) is 17.6. The Morgan fingerprint density at radius 2 is 2.22 bits per heavy atom. The summed E-state index contributed by atoms with van der Waals surface area (Å²) < 4.78 is 5.13. The number of rotatable bonds is 4. The summed E-state index contributed by atoms with van der Waals surface area (Å²) in [4.78, 5) is 7.47. The van der Waals surface area contributed by atoms with Gasteiger partial charge in [0.2, 0.25) is 5.88 Å². The minimum atomic E-state index is 0.412. The third-order valence-corrected chi connectivity index (χ3v) is 3.70. The molecular weight excluding hydrogens is 246 g/mol. The predicted molar refractivity (Wildman–Crippen MR) is 75.6 cm³/mol. The minimum Gasteiger partial charge on any atom is -0.481 e. The number of hydrogen-bond acceptors (Lipinski definition) is 4. The van der Waals surface area contributed by atoms with E-state index in [1.54, 1.807) is 7.11 Å². The second-order valence-electron chi connectivity index (χ2n) is 4.62. The number of piperidine rings is 1. The van der Waals surface area contributed by atoms with E-state index >= 15 is 0 Å². The van der Waals surface area contributed by atoms with Gasteiger partial charge in [0.1, 0.15) is 0 Å². The molecule has 0 radical (unpaired) electrons. The molecule has 0 atom stereocenters. The summed E-state index contributed by atoms with van der Waals surface area (Å²) in [5, 5.41) is 0. The average Bonchev–Trinajstić information content (AvgIpc) is 2.39. The van der Waals surface area contributed by atoms with Gasteiger partial charge in [-0.25, -0.2) is 4.98 Å². The zero-order valence-electron chi connectivity index (χ0n) is 10.6. The van der Waals surface area contributed by atoms with Gasteiger partial charge >= 0.3 is 0 Å². The van der Waals surface area contributed by atoms with Gasteiger partial charge in [0.15, 0.2) is 0 Å². The van der Waals surface area contributed by atoms with Crippen LogP contribution in [0.3, 0.4) is 0 Å². The molecule has 2 heterocycles. The summed E-state index contributed by atoms with van der Waals surface area (Å²) >= 11 is 5.05. The number of aromatic nitrogens is 1. The van der Waals surface area contributed by atoms with Gasteiger partial charge in [-0.3, -0.25) is 4.90 Å². The highest BCUT2D eigenvalue weighted by Crippen LogP contribution is 2.19. The summed E-state index contributed by atoms with van der Waals surface area (Å²) in [6.07, 6.45) is 2.11. The van der Waals surface area contributed by atoms with Gasteiger partial charge in [-0.15, -0.1) is 0 Å². The van der Waals surface area contributed by atoms with Crippen LogP contribution in [0.15, 0.2) is 18.2 Å². The highest BCUT2D eigenvalue weighted by atomic mass is 32.1. The SMILES string of the molecule is COc1cccc(CN2CCC(C(N)=S)CC2)n1. The molecule has 98 valence electrons. The molecule has 1 aliphatic heterocycles. The van der Waals surface area contributed by atoms with Gasteiger partial charge in [-0.2, -0.15) is 0 Å². The van der Waals surface area contributed by atoms with Crippen molar-refractivity contribution in [1.82, 2.24) is 9.88 Å². The highest BCUT2D eigenvalue weighted by molar-refractivity contribution is 7.80. The molecule has 0 amide bonds. The van der Waals surface area contributed by atoms with Gasteiger partial charge in [-0.05, 0) is 32.0 Å². The molecule has 18 heavy (non-hydrogen) atoms. The molecule has 0 unspecified atom stereocenters. The lowest BCUT2D eigenvalue weighted by Crippen LogP contribution is -2.37. The van der Waals surface area contributed by atoms with Crippen LogP contribution >= 0.6 is 12.2 Å². The predicted octanol–water partition coefficient (Wildman–Crippen LogP) is 1.59. The Labute approximate surface area is 113 Å². The third-order valence-electron chi connectivity index (χ3n) is 3.37. The quantitative estimate of drug-likeness (QED) is 0.838. The zero-order valence-corrected chi connectivity index (χ0v) is 11.4. The summed E-state index contributed by atoms with van der Waals surface area (Å²) in [5.74, 6) is 1.08. The molecular formula is C13H19N3OS. The van der Waals surface area contributed by atoms with E-state index < -0.39 is 0 Å². The second kappa shape index (κ2) is 6.11. The Balaban J connectivity index is 1.89. The van der Waals surface area contributed by atoms with Crippen molar-refractivity contribution in [3.05, 3.63) is 23.9 Å². The number of nitrogens with zero attached hydrogens (tertiary/aromatic N) is 2. The van der Waals surface area contributed by atoms with Crippen molar-refractivity contribution in [2.75, 3.05) is 20.2 Å². The van der Waals surface area contributed by atoms with Crippen molar-refractivity contribution in [3.8, 4) is 5.88 Å². The number of likely N-dealkylation sites (tertiary alicyclic amines) is 1. The van der Waals surface area contributed by atoms with E-state index in [2.05, 4.69) is 9.88 Å². The number of thiocarbonyl (C=S) groups is 1. The maximum atomic E-state index is 5.69. The Morgan fingerprint density at radius 1 is 1.50 bits per heavy atom. The number of nitrogens with two attached hydrogens (primary N) is 1. The van der Waals surface area contributed by atoms with Crippen LogP contribution < -0.4 is 10.5 Å². The van der Waals surface area contributed by atoms with Crippen LogP contribution in [-0.2, 0) is 6.54 Å². The molecule has 2 rings (SSSR count). The maximum Gasteiger partial charge on any atom is 0.213 e. The van der Waals surface area contributed by atoms with E-state index in [9.17, 15) is 0 Å². The van der Waals surface area contributed by atoms with Gasteiger partial charge in [0, 0.05) is 18.5 Å². The molecule has 1 aromatic heterocycles. The summed E-state index contributed by atoms with van der Waals surface area (Å²) in [6.45, 7) is 2.92. The lowest BCUT2D eigenvalue weighted by Gasteiger charge is -2.31. The molecule has 0 spiro atoms. The standard InChI is InChI=1S/C13H19N3OS/c1-17-12-4-2-3-11(15-12)9-16-7-5-10(6-8-16)13(14)18/h2-4,10H,5-9H2,1H3,(H2,14,18). The van der Waals surface area contributed by atoms with Crippen molar-refractivity contribution < 1.29 is 4.74 Å². The van der Waals surface area contributed by atoms with Crippen molar-refractivity contribution in [3.63, 3.8) is 0 Å². The van der Waals surface area contributed by atoms with Gasteiger partial charge in [-0.1, -0.05) is 18.3 Å². The minimum absolute atomic E-state index is 0.412. The Kier molecular flexibility index (Phi) is 4.49. The fourth-order valence-corrected chi connectivity index (χ4v) is 2.50. The van der Waals surface area contributed by atoms with Gasteiger partial charge < -0.3 is 10.5 Å². The molecule has 0 saturated carbocycles. The number of methoxy groups -OCH3 is 1. The van der Waals surface area contributed by atoms with Crippen LogP contribution in [0.5, 0.6) is 5.88 Å². The van der Waals surface area contributed by atoms with Gasteiger partial charge in [0.05, 0.1) is 17.8 Å². The van der Waals surface area contributed by atoms with E-state index in [1.165, 1.54) is 0 Å². The highest BCUT2D eigenvalue weighted by Gasteiger charge is 2.21. The lowest BCUT2D eigenvalue weighted by molar-refractivity contribution is 0.199. The Morgan fingerprint density at radius 3 is 2.83 bits per heavy atom. The van der Waals surface area contributed by atoms with Crippen molar-refractivity contribution in [1.29, 1.82) is 0 Å². The van der Waals surface area contributed by atoms with Crippen LogP contribution in [0.25, 0.3) is 0 Å². The van der Waals surface area contributed by atoms with Crippen molar-refractivity contribution in [2.24, 2.45) is 11.7 Å². The van der Waals surface area contributed by atoms with E-state index in [1.807, 2.05) is 18.2 Å². The van der Waals surface area contributed by atoms with E-state index in [-0.39, 0.29) is 0 Å². The smallest absolute Gasteiger partial charge is 0.213 e. The monoisotopic (exact) mass is 265 g/mol. The molecule has 0 aromatic carbocycles. The average molecular weight is 265 g/mol. The molecule has 1 saturated heterocycles. The van der Waals surface area contributed by atoms with E-state index in [0.29, 0.717) is 16.8 Å². The zero-order chi connectivity index (χ0) is 13.0. The van der Waals surface area contributed by atoms with Crippen molar-refractivity contribution >= 4 is 17.2 Å². The summed E-state index contributed by atoms with van der Waals surface area (Å²) in [7, 11) is 1.64. The van der Waals surface area contributed by atoms with Crippen LogP contribution in [0, 0.1) is 5.92 Å².